The molecule has 0 atom stereocenters. The largest absolute Gasteiger partial charge is 0.496 e. The minimum atomic E-state index is -0.602. The summed E-state index contributed by atoms with van der Waals surface area (Å²) in [6, 6.07) is 11.1. The fourth-order valence-electron chi connectivity index (χ4n) is 2.47. The van der Waals surface area contributed by atoms with Gasteiger partial charge in [-0.2, -0.15) is 0 Å². The lowest BCUT2D eigenvalue weighted by molar-refractivity contribution is -0.383. The van der Waals surface area contributed by atoms with Crippen molar-refractivity contribution in [2.45, 2.75) is 5.16 Å². The highest BCUT2D eigenvalue weighted by Crippen LogP contribution is 2.30. The van der Waals surface area contributed by atoms with Crippen molar-refractivity contribution in [3.05, 3.63) is 57.6 Å². The normalized spacial score (nSPS) is 10.6. The molecule has 2 aromatic carbocycles. The van der Waals surface area contributed by atoms with E-state index in [-0.39, 0.29) is 22.2 Å². The molecular formula is C17H15ClN6O4S. The first-order chi connectivity index (χ1) is 13.9. The minimum absolute atomic E-state index is 0.0111. The van der Waals surface area contributed by atoms with Gasteiger partial charge in [-0.05, 0) is 24.3 Å². The van der Waals surface area contributed by atoms with Gasteiger partial charge in [-0.1, -0.05) is 35.5 Å². The Morgan fingerprint density at radius 2 is 2.10 bits per heavy atom. The zero-order valence-corrected chi connectivity index (χ0v) is 16.6. The van der Waals surface area contributed by atoms with Gasteiger partial charge in [0.15, 0.2) is 5.82 Å². The molecule has 10 nitrogen and oxygen atoms in total. The van der Waals surface area contributed by atoms with Crippen molar-refractivity contribution in [2.75, 3.05) is 24.0 Å². The number of benzene rings is 2. The third-order valence-electron chi connectivity index (χ3n) is 3.77. The SMILES string of the molecule is COc1ccccc1-c1nnc(SCC(=O)Nc2cc(Cl)ccc2[N+](=O)[O-])n1N. The number of nitrogen functional groups attached to an aromatic ring is 1. The third kappa shape index (κ3) is 4.58. The number of carbonyl (C=O) groups excluding carboxylic acids is 1. The van der Waals surface area contributed by atoms with Gasteiger partial charge in [0.2, 0.25) is 11.1 Å². The zero-order valence-electron chi connectivity index (χ0n) is 15.0. The smallest absolute Gasteiger partial charge is 0.292 e. The van der Waals surface area contributed by atoms with Crippen LogP contribution in [0, 0.1) is 10.1 Å². The van der Waals surface area contributed by atoms with Gasteiger partial charge in [-0.3, -0.25) is 14.9 Å². The topological polar surface area (TPSA) is 138 Å². The number of aromatic nitrogens is 3. The van der Waals surface area contributed by atoms with Crippen LogP contribution in [-0.2, 0) is 4.79 Å². The maximum absolute atomic E-state index is 12.2. The Hall–Kier alpha value is -3.31. The average Bonchev–Trinajstić information content (AvgIpc) is 3.06. The van der Waals surface area contributed by atoms with Crippen molar-refractivity contribution < 1.29 is 14.5 Å². The van der Waals surface area contributed by atoms with E-state index in [0.717, 1.165) is 11.8 Å². The van der Waals surface area contributed by atoms with E-state index in [1.165, 1.54) is 30.0 Å². The molecule has 0 aliphatic rings. The molecule has 3 rings (SSSR count). The number of para-hydroxylation sites is 1. The molecule has 3 N–H and O–H groups in total. The number of ether oxygens (including phenoxy) is 1. The molecule has 1 amide bonds. The summed E-state index contributed by atoms with van der Waals surface area (Å²) in [6.45, 7) is 0. The summed E-state index contributed by atoms with van der Waals surface area (Å²) in [5.41, 5.74) is 0.404. The molecule has 12 heteroatoms. The number of hydrogen-bond donors (Lipinski definition) is 2. The second-order valence-electron chi connectivity index (χ2n) is 5.63. The van der Waals surface area contributed by atoms with Crippen molar-refractivity contribution in [3.63, 3.8) is 0 Å². The first-order valence-electron chi connectivity index (χ1n) is 8.11. The molecule has 0 bridgehead atoms. The van der Waals surface area contributed by atoms with Crippen LogP contribution in [-0.4, -0.2) is 38.6 Å². The first kappa shape index (κ1) is 20.4. The molecule has 0 spiro atoms. The summed E-state index contributed by atoms with van der Waals surface area (Å²) in [6.07, 6.45) is 0. The number of thioether (sulfide) groups is 1. The summed E-state index contributed by atoms with van der Waals surface area (Å²) >= 11 is 6.89. The maximum Gasteiger partial charge on any atom is 0.292 e. The van der Waals surface area contributed by atoms with E-state index < -0.39 is 10.8 Å². The number of rotatable bonds is 7. The Balaban J connectivity index is 1.72. The minimum Gasteiger partial charge on any atom is -0.496 e. The average molecular weight is 435 g/mol. The van der Waals surface area contributed by atoms with Gasteiger partial charge in [0.1, 0.15) is 11.4 Å². The van der Waals surface area contributed by atoms with Gasteiger partial charge in [0, 0.05) is 11.1 Å². The van der Waals surface area contributed by atoms with E-state index in [1.54, 1.807) is 12.1 Å². The van der Waals surface area contributed by atoms with E-state index in [9.17, 15) is 14.9 Å². The number of carbonyl (C=O) groups is 1. The predicted octanol–water partition coefficient (Wildman–Crippen LogP) is 2.96. The number of nitrogens with one attached hydrogen (secondary N) is 1. The molecule has 1 aromatic heterocycles. The number of anilines is 1. The highest BCUT2D eigenvalue weighted by molar-refractivity contribution is 7.99. The summed E-state index contributed by atoms with van der Waals surface area (Å²) in [5, 5.41) is 22.2. The van der Waals surface area contributed by atoms with Crippen LogP contribution in [0.1, 0.15) is 0 Å². The first-order valence-corrected chi connectivity index (χ1v) is 9.47. The van der Waals surface area contributed by atoms with Crippen molar-refractivity contribution in [1.82, 2.24) is 14.9 Å². The van der Waals surface area contributed by atoms with E-state index in [2.05, 4.69) is 15.5 Å². The number of amides is 1. The fourth-order valence-corrected chi connectivity index (χ4v) is 3.30. The van der Waals surface area contributed by atoms with Crippen LogP contribution in [0.15, 0.2) is 47.6 Å². The Bertz CT molecular complexity index is 1070. The summed E-state index contributed by atoms with van der Waals surface area (Å²) < 4.78 is 6.54. The Morgan fingerprint density at radius 1 is 1.34 bits per heavy atom. The number of nitrogens with zero attached hydrogens (tertiary/aromatic N) is 4. The molecule has 0 aliphatic carbocycles. The molecule has 150 valence electrons. The highest BCUT2D eigenvalue weighted by Gasteiger charge is 2.19. The summed E-state index contributed by atoms with van der Waals surface area (Å²) in [4.78, 5) is 22.7. The van der Waals surface area contributed by atoms with Gasteiger partial charge in [0.25, 0.3) is 5.69 Å². The zero-order chi connectivity index (χ0) is 21.0. The van der Waals surface area contributed by atoms with E-state index in [4.69, 9.17) is 22.2 Å². The van der Waals surface area contributed by atoms with Gasteiger partial charge in [-0.15, -0.1) is 10.2 Å². The Morgan fingerprint density at radius 3 is 2.83 bits per heavy atom. The van der Waals surface area contributed by atoms with Crippen LogP contribution < -0.4 is 15.9 Å². The standard InChI is InChI=1S/C17H15ClN6O4S/c1-28-14-5-3-2-4-11(14)16-21-22-17(23(16)19)29-9-15(25)20-12-8-10(18)6-7-13(12)24(26)27/h2-8H,9,19H2,1H3,(H,20,25). The second kappa shape index (κ2) is 8.80. The lowest BCUT2D eigenvalue weighted by atomic mass is 10.2. The van der Waals surface area contributed by atoms with Crippen molar-refractivity contribution in [2.24, 2.45) is 0 Å². The summed E-state index contributed by atoms with van der Waals surface area (Å²) in [7, 11) is 1.53. The Kier molecular flexibility index (Phi) is 6.20. The van der Waals surface area contributed by atoms with Gasteiger partial charge in [-0.25, -0.2) is 4.68 Å². The van der Waals surface area contributed by atoms with Crippen molar-refractivity contribution >= 4 is 40.6 Å². The number of nitrogens with two attached hydrogens (primary N) is 1. The Labute approximate surface area is 174 Å². The number of hydrogen-bond acceptors (Lipinski definition) is 8. The van der Waals surface area contributed by atoms with Crippen LogP contribution in [0.5, 0.6) is 5.75 Å². The van der Waals surface area contributed by atoms with Crippen LogP contribution in [0.4, 0.5) is 11.4 Å². The van der Waals surface area contributed by atoms with Crippen LogP contribution >= 0.6 is 23.4 Å². The predicted molar refractivity (Wildman–Crippen MR) is 110 cm³/mol. The molecule has 0 unspecified atom stereocenters. The van der Waals surface area contributed by atoms with Crippen LogP contribution in [0.2, 0.25) is 5.02 Å². The monoisotopic (exact) mass is 434 g/mol. The molecule has 0 saturated carbocycles. The number of halogens is 1. The molecular weight excluding hydrogens is 420 g/mol. The van der Waals surface area contributed by atoms with E-state index in [0.29, 0.717) is 22.3 Å². The second-order valence-corrected chi connectivity index (χ2v) is 7.01. The summed E-state index contributed by atoms with van der Waals surface area (Å²) in [5.74, 6) is 6.43. The fraction of sp³-hybridized carbons (Fsp3) is 0.118. The van der Waals surface area contributed by atoms with E-state index >= 15 is 0 Å². The van der Waals surface area contributed by atoms with Gasteiger partial charge < -0.3 is 15.9 Å². The lowest BCUT2D eigenvalue weighted by Gasteiger charge is -2.08. The molecule has 0 fully saturated rings. The highest BCUT2D eigenvalue weighted by atomic mass is 35.5. The maximum atomic E-state index is 12.2. The molecule has 0 saturated heterocycles. The van der Waals surface area contributed by atoms with Crippen LogP contribution in [0.25, 0.3) is 11.4 Å². The van der Waals surface area contributed by atoms with Crippen molar-refractivity contribution in [1.29, 1.82) is 0 Å². The molecule has 29 heavy (non-hydrogen) atoms. The van der Waals surface area contributed by atoms with E-state index in [1.807, 2.05) is 12.1 Å². The van der Waals surface area contributed by atoms with Crippen molar-refractivity contribution in [3.8, 4) is 17.1 Å². The van der Waals surface area contributed by atoms with Crippen LogP contribution in [0.3, 0.4) is 0 Å². The number of nitro benzene ring substituents is 1. The molecule has 0 radical (unpaired) electrons. The molecule has 3 aromatic rings. The third-order valence-corrected chi connectivity index (χ3v) is 4.95. The van der Waals surface area contributed by atoms with Gasteiger partial charge >= 0.3 is 0 Å². The van der Waals surface area contributed by atoms with Gasteiger partial charge in [0.05, 0.1) is 23.3 Å². The lowest BCUT2D eigenvalue weighted by Crippen LogP contribution is -2.17. The molecule has 1 heterocycles. The quantitative estimate of drug-likeness (QED) is 0.250. The number of methoxy groups -OCH3 is 1. The molecule has 0 aliphatic heterocycles. The number of nitro groups is 1.